The third-order valence-electron chi connectivity index (χ3n) is 3.26. The minimum absolute atomic E-state index is 0.247. The van der Waals surface area contributed by atoms with Crippen molar-refractivity contribution in [1.29, 1.82) is 0 Å². The lowest BCUT2D eigenvalue weighted by molar-refractivity contribution is -0.0518. The second kappa shape index (κ2) is 8.21. The summed E-state index contributed by atoms with van der Waals surface area (Å²) in [6.07, 6.45) is 4.68. The lowest BCUT2D eigenvalue weighted by Crippen LogP contribution is -2.37. The van der Waals surface area contributed by atoms with Crippen LogP contribution in [0.4, 0.5) is 9.93 Å². The number of carbonyl (C=O) groups is 1. The van der Waals surface area contributed by atoms with Crippen LogP contribution in [0.2, 0.25) is 0 Å². The quantitative estimate of drug-likeness (QED) is 0.813. The Labute approximate surface area is 134 Å². The molecule has 1 aromatic rings. The van der Waals surface area contributed by atoms with E-state index in [0.717, 1.165) is 11.4 Å². The summed E-state index contributed by atoms with van der Waals surface area (Å²) in [7, 11) is 1.69. The highest BCUT2D eigenvalue weighted by Gasteiger charge is 2.21. The molecule has 22 heavy (non-hydrogen) atoms. The van der Waals surface area contributed by atoms with Gasteiger partial charge in [0.15, 0.2) is 6.29 Å². The van der Waals surface area contributed by atoms with Crippen molar-refractivity contribution in [3.63, 3.8) is 0 Å². The second-order valence-corrected chi connectivity index (χ2v) is 6.14. The Morgan fingerprint density at radius 2 is 2.23 bits per heavy atom. The summed E-state index contributed by atoms with van der Waals surface area (Å²) in [5.41, 5.74) is 0. The number of nitrogens with zero attached hydrogens (tertiary/aromatic N) is 3. The summed E-state index contributed by atoms with van der Waals surface area (Å²) in [6.45, 7) is 5.61. The number of anilines is 1. The smallest absolute Gasteiger partial charge is 0.323 e. The average molecular weight is 326 g/mol. The van der Waals surface area contributed by atoms with Gasteiger partial charge in [-0.3, -0.25) is 5.32 Å². The number of allylic oxidation sites excluding steroid dienone is 2. The predicted molar refractivity (Wildman–Crippen MR) is 85.1 cm³/mol. The topological polar surface area (TPSA) is 76.6 Å². The van der Waals surface area contributed by atoms with Gasteiger partial charge in [0, 0.05) is 13.0 Å². The molecule has 2 rings (SSSR count). The molecule has 0 saturated carbocycles. The highest BCUT2D eigenvalue weighted by molar-refractivity contribution is 7.15. The molecule has 7 nitrogen and oxygen atoms in total. The molecule has 2 amide bonds. The van der Waals surface area contributed by atoms with E-state index in [2.05, 4.69) is 28.5 Å². The first-order chi connectivity index (χ1) is 10.6. The second-order valence-electron chi connectivity index (χ2n) is 5.13. The van der Waals surface area contributed by atoms with E-state index in [4.69, 9.17) is 9.47 Å². The van der Waals surface area contributed by atoms with Gasteiger partial charge >= 0.3 is 6.03 Å². The standard InChI is InChI=1S/C14H22N4O3S/c1-4-5-6-10(2)12-16-17-13(22-12)15-14(19)18(3)9-11-20-7-8-21-11/h4-5,10-11H,6-9H2,1-3H3,(H,15,17,19)/b5-4+. The molecule has 1 fully saturated rings. The van der Waals surface area contributed by atoms with E-state index in [1.165, 1.54) is 16.2 Å². The zero-order valence-electron chi connectivity index (χ0n) is 13.1. The molecule has 1 unspecified atom stereocenters. The van der Waals surface area contributed by atoms with Crippen LogP contribution in [-0.4, -0.2) is 54.2 Å². The fourth-order valence-electron chi connectivity index (χ4n) is 1.93. The Hall–Kier alpha value is -1.51. The Morgan fingerprint density at radius 3 is 2.91 bits per heavy atom. The minimum Gasteiger partial charge on any atom is -0.348 e. The number of amides is 2. The normalized spacial score (nSPS) is 17.0. The van der Waals surface area contributed by atoms with Crippen molar-refractivity contribution in [3.8, 4) is 0 Å². The monoisotopic (exact) mass is 326 g/mol. The summed E-state index contributed by atoms with van der Waals surface area (Å²) in [5, 5.41) is 12.3. The molecule has 0 radical (unpaired) electrons. The maximum Gasteiger partial charge on any atom is 0.323 e. The Bertz CT molecular complexity index is 514. The van der Waals surface area contributed by atoms with Crippen molar-refractivity contribution in [2.75, 3.05) is 32.1 Å². The van der Waals surface area contributed by atoms with Crippen molar-refractivity contribution in [2.24, 2.45) is 0 Å². The molecule has 1 aliphatic rings. The molecule has 1 atom stereocenters. The van der Waals surface area contributed by atoms with Gasteiger partial charge in [-0.15, -0.1) is 10.2 Å². The summed E-state index contributed by atoms with van der Waals surface area (Å²) in [4.78, 5) is 13.6. The van der Waals surface area contributed by atoms with Gasteiger partial charge in [0.25, 0.3) is 0 Å². The maximum absolute atomic E-state index is 12.1. The van der Waals surface area contributed by atoms with Gasteiger partial charge < -0.3 is 14.4 Å². The van der Waals surface area contributed by atoms with Crippen LogP contribution in [0, 0.1) is 0 Å². The van der Waals surface area contributed by atoms with Crippen LogP contribution in [0.5, 0.6) is 0 Å². The third kappa shape index (κ3) is 4.75. The van der Waals surface area contributed by atoms with Crippen LogP contribution in [-0.2, 0) is 9.47 Å². The Kier molecular flexibility index (Phi) is 6.29. The lowest BCUT2D eigenvalue weighted by atomic mass is 10.1. The van der Waals surface area contributed by atoms with E-state index < -0.39 is 0 Å². The van der Waals surface area contributed by atoms with Crippen LogP contribution < -0.4 is 5.32 Å². The zero-order chi connectivity index (χ0) is 15.9. The Balaban J connectivity index is 1.84. The molecule has 8 heteroatoms. The van der Waals surface area contributed by atoms with Gasteiger partial charge in [-0.25, -0.2) is 4.79 Å². The van der Waals surface area contributed by atoms with Gasteiger partial charge in [-0.2, -0.15) is 0 Å². The van der Waals surface area contributed by atoms with Gasteiger partial charge in [0.05, 0.1) is 19.8 Å². The molecule has 2 heterocycles. The largest absolute Gasteiger partial charge is 0.348 e. The molecule has 0 spiro atoms. The van der Waals surface area contributed by atoms with Crippen LogP contribution in [0.15, 0.2) is 12.2 Å². The number of hydrogen-bond donors (Lipinski definition) is 1. The van der Waals surface area contributed by atoms with Crippen LogP contribution in [0.1, 0.15) is 31.2 Å². The molecule has 122 valence electrons. The van der Waals surface area contributed by atoms with E-state index in [-0.39, 0.29) is 18.2 Å². The molecule has 0 bridgehead atoms. The fourth-order valence-corrected chi connectivity index (χ4v) is 2.73. The van der Waals surface area contributed by atoms with Crippen molar-refractivity contribution in [3.05, 3.63) is 17.2 Å². The highest BCUT2D eigenvalue weighted by atomic mass is 32.1. The summed E-state index contributed by atoms with van der Waals surface area (Å²) < 4.78 is 10.6. The number of urea groups is 1. The van der Waals surface area contributed by atoms with Crippen molar-refractivity contribution in [1.82, 2.24) is 15.1 Å². The lowest BCUT2D eigenvalue weighted by Gasteiger charge is -2.19. The molecular formula is C14H22N4O3S. The fraction of sp³-hybridized carbons (Fsp3) is 0.643. The number of ether oxygens (including phenoxy) is 2. The van der Waals surface area contributed by atoms with E-state index >= 15 is 0 Å². The number of nitrogens with one attached hydrogen (secondary N) is 1. The molecule has 1 aliphatic heterocycles. The number of likely N-dealkylation sites (N-methyl/N-ethyl adjacent to an activating group) is 1. The van der Waals surface area contributed by atoms with Crippen molar-refractivity contribution >= 4 is 22.5 Å². The van der Waals surface area contributed by atoms with Crippen molar-refractivity contribution < 1.29 is 14.3 Å². The van der Waals surface area contributed by atoms with Gasteiger partial charge in [-0.1, -0.05) is 30.4 Å². The molecule has 0 aliphatic carbocycles. The third-order valence-corrected chi connectivity index (χ3v) is 4.33. The highest BCUT2D eigenvalue weighted by Crippen LogP contribution is 2.25. The van der Waals surface area contributed by atoms with Crippen molar-refractivity contribution in [2.45, 2.75) is 32.5 Å². The van der Waals surface area contributed by atoms with E-state index in [9.17, 15) is 4.79 Å². The van der Waals surface area contributed by atoms with Crippen LogP contribution in [0.25, 0.3) is 0 Å². The summed E-state index contributed by atoms with van der Waals surface area (Å²) >= 11 is 1.40. The SMILES string of the molecule is C/C=C/CC(C)c1nnc(NC(=O)N(C)CC2OCCO2)s1. The number of aromatic nitrogens is 2. The molecule has 1 aromatic heterocycles. The first-order valence-corrected chi connectivity index (χ1v) is 8.11. The average Bonchev–Trinajstić information content (AvgIpc) is 3.16. The Morgan fingerprint density at radius 1 is 1.50 bits per heavy atom. The molecular weight excluding hydrogens is 304 g/mol. The first-order valence-electron chi connectivity index (χ1n) is 7.30. The molecule has 0 aromatic carbocycles. The zero-order valence-corrected chi connectivity index (χ0v) is 13.9. The van der Waals surface area contributed by atoms with E-state index in [0.29, 0.717) is 24.9 Å². The number of hydrogen-bond acceptors (Lipinski definition) is 6. The van der Waals surface area contributed by atoms with Crippen LogP contribution in [0.3, 0.4) is 0 Å². The number of carbonyl (C=O) groups excluding carboxylic acids is 1. The van der Waals surface area contributed by atoms with Gasteiger partial charge in [0.2, 0.25) is 5.13 Å². The summed E-state index contributed by atoms with van der Waals surface area (Å²) in [5.74, 6) is 0.289. The minimum atomic E-state index is -0.346. The molecule has 1 saturated heterocycles. The predicted octanol–water partition coefficient (Wildman–Crippen LogP) is 2.44. The van der Waals surface area contributed by atoms with E-state index in [1.54, 1.807) is 7.05 Å². The number of rotatable bonds is 6. The van der Waals surface area contributed by atoms with Gasteiger partial charge in [-0.05, 0) is 13.3 Å². The molecule has 1 N–H and O–H groups in total. The van der Waals surface area contributed by atoms with Gasteiger partial charge in [0.1, 0.15) is 5.01 Å². The first kappa shape index (κ1) is 16.9. The maximum atomic E-state index is 12.1. The van der Waals surface area contributed by atoms with E-state index in [1.807, 2.05) is 13.0 Å². The van der Waals surface area contributed by atoms with Crippen LogP contribution >= 0.6 is 11.3 Å². The summed E-state index contributed by atoms with van der Waals surface area (Å²) in [6, 6.07) is -0.247.